The van der Waals surface area contributed by atoms with E-state index in [0.717, 1.165) is 12.0 Å². The van der Waals surface area contributed by atoms with Gasteiger partial charge in [-0.3, -0.25) is 0 Å². The van der Waals surface area contributed by atoms with Gasteiger partial charge < -0.3 is 15.1 Å². The van der Waals surface area contributed by atoms with Crippen LogP contribution in [0.5, 0.6) is 0 Å². The monoisotopic (exact) mass is 225 g/mol. The molecule has 16 heavy (non-hydrogen) atoms. The molecule has 2 saturated heterocycles. The molecule has 0 spiro atoms. The molecule has 2 rings (SSSR count). The fraction of sp³-hybridized carbons (Fsp3) is 1.00. The molecule has 0 amide bonds. The summed E-state index contributed by atoms with van der Waals surface area (Å²) in [5.74, 6) is 0.946. The Hall–Kier alpha value is -0.120. The number of nitrogens with one attached hydrogen (secondary N) is 1. The van der Waals surface area contributed by atoms with Crippen LogP contribution in [0.4, 0.5) is 0 Å². The Morgan fingerprint density at radius 2 is 1.94 bits per heavy atom. The van der Waals surface area contributed by atoms with Gasteiger partial charge in [-0.25, -0.2) is 0 Å². The first-order valence-electron chi connectivity index (χ1n) is 6.85. The van der Waals surface area contributed by atoms with Crippen LogP contribution in [0.3, 0.4) is 0 Å². The summed E-state index contributed by atoms with van der Waals surface area (Å²) in [6.45, 7) is 6.42. The molecular weight excluding hydrogens is 198 g/mol. The maximum absolute atomic E-state index is 3.45. The minimum atomic E-state index is 0.787. The second-order valence-corrected chi connectivity index (χ2v) is 5.71. The van der Waals surface area contributed by atoms with Crippen LogP contribution in [0.15, 0.2) is 0 Å². The van der Waals surface area contributed by atoms with Crippen LogP contribution in [0.25, 0.3) is 0 Å². The fourth-order valence-electron chi connectivity index (χ4n) is 3.05. The number of likely N-dealkylation sites (N-methyl/N-ethyl adjacent to an activating group) is 1. The first-order chi connectivity index (χ1) is 7.75. The second-order valence-electron chi connectivity index (χ2n) is 5.71. The highest BCUT2D eigenvalue weighted by molar-refractivity contribution is 4.80. The quantitative estimate of drug-likeness (QED) is 0.773. The van der Waals surface area contributed by atoms with Gasteiger partial charge in [0.2, 0.25) is 0 Å². The first kappa shape index (κ1) is 12.3. The number of hydrogen-bond acceptors (Lipinski definition) is 3. The Morgan fingerprint density at radius 3 is 2.62 bits per heavy atom. The molecule has 0 aromatic carbocycles. The summed E-state index contributed by atoms with van der Waals surface area (Å²) in [7, 11) is 4.44. The van der Waals surface area contributed by atoms with Crippen molar-refractivity contribution in [2.45, 2.75) is 31.7 Å². The minimum Gasteiger partial charge on any atom is -0.317 e. The van der Waals surface area contributed by atoms with Crippen LogP contribution < -0.4 is 5.32 Å². The minimum absolute atomic E-state index is 0.787. The maximum Gasteiger partial charge on any atom is 0.0217 e. The van der Waals surface area contributed by atoms with Crippen LogP contribution >= 0.6 is 0 Å². The standard InChI is InChI=1S/C13H27N3/c1-15(2)13-4-3-9-16(11-13)10-12-5-7-14-8-6-12/h12-14H,3-11H2,1-2H3. The topological polar surface area (TPSA) is 18.5 Å². The number of likely N-dealkylation sites (tertiary alicyclic amines) is 1. The lowest BCUT2D eigenvalue weighted by molar-refractivity contribution is 0.111. The Labute approximate surface area is 100 Å². The SMILES string of the molecule is CN(C)C1CCCN(CC2CCNCC2)C1. The second kappa shape index (κ2) is 5.99. The van der Waals surface area contributed by atoms with E-state index in [1.54, 1.807) is 0 Å². The number of rotatable bonds is 3. The molecule has 2 aliphatic rings. The molecule has 0 bridgehead atoms. The average Bonchev–Trinajstić information content (AvgIpc) is 2.30. The lowest BCUT2D eigenvalue weighted by atomic mass is 9.95. The molecule has 2 fully saturated rings. The van der Waals surface area contributed by atoms with Gasteiger partial charge in [0.1, 0.15) is 0 Å². The molecule has 2 aliphatic heterocycles. The third kappa shape index (κ3) is 3.44. The van der Waals surface area contributed by atoms with Gasteiger partial charge in [-0.2, -0.15) is 0 Å². The zero-order chi connectivity index (χ0) is 11.4. The van der Waals surface area contributed by atoms with Crippen LogP contribution in [0.2, 0.25) is 0 Å². The normalized spacial score (nSPS) is 29.8. The Bertz CT molecular complexity index is 199. The molecule has 94 valence electrons. The van der Waals surface area contributed by atoms with Gasteiger partial charge >= 0.3 is 0 Å². The molecule has 0 saturated carbocycles. The van der Waals surface area contributed by atoms with Gasteiger partial charge in [0.25, 0.3) is 0 Å². The summed E-state index contributed by atoms with van der Waals surface area (Å²) in [5, 5.41) is 3.45. The summed E-state index contributed by atoms with van der Waals surface area (Å²) in [6, 6.07) is 0.787. The van der Waals surface area contributed by atoms with Gasteiger partial charge in [0.15, 0.2) is 0 Å². The van der Waals surface area contributed by atoms with E-state index >= 15 is 0 Å². The zero-order valence-electron chi connectivity index (χ0n) is 10.9. The van der Waals surface area contributed by atoms with Crippen molar-refractivity contribution in [3.05, 3.63) is 0 Å². The van der Waals surface area contributed by atoms with Crippen LogP contribution in [-0.2, 0) is 0 Å². The first-order valence-corrected chi connectivity index (χ1v) is 6.85. The molecule has 2 heterocycles. The highest BCUT2D eigenvalue weighted by Crippen LogP contribution is 2.18. The number of nitrogens with zero attached hydrogens (tertiary/aromatic N) is 2. The maximum atomic E-state index is 3.45. The van der Waals surface area contributed by atoms with E-state index in [2.05, 4.69) is 29.2 Å². The van der Waals surface area contributed by atoms with Crippen molar-refractivity contribution in [1.29, 1.82) is 0 Å². The third-order valence-electron chi connectivity index (χ3n) is 4.19. The fourth-order valence-corrected chi connectivity index (χ4v) is 3.05. The molecule has 0 aliphatic carbocycles. The number of piperidine rings is 2. The van der Waals surface area contributed by atoms with Gasteiger partial charge in [-0.1, -0.05) is 0 Å². The zero-order valence-corrected chi connectivity index (χ0v) is 10.9. The van der Waals surface area contributed by atoms with E-state index in [0.29, 0.717) is 0 Å². The summed E-state index contributed by atoms with van der Waals surface area (Å²) in [5.41, 5.74) is 0. The Morgan fingerprint density at radius 1 is 1.19 bits per heavy atom. The van der Waals surface area contributed by atoms with Gasteiger partial charge in [0, 0.05) is 19.1 Å². The van der Waals surface area contributed by atoms with E-state index in [1.807, 2.05) is 0 Å². The molecule has 0 radical (unpaired) electrons. The molecule has 3 heteroatoms. The van der Waals surface area contributed by atoms with Crippen molar-refractivity contribution < 1.29 is 0 Å². The summed E-state index contributed by atoms with van der Waals surface area (Å²) >= 11 is 0. The molecule has 1 atom stereocenters. The summed E-state index contributed by atoms with van der Waals surface area (Å²) in [4.78, 5) is 5.10. The van der Waals surface area contributed by atoms with E-state index in [4.69, 9.17) is 0 Å². The van der Waals surface area contributed by atoms with E-state index in [-0.39, 0.29) is 0 Å². The Kier molecular flexibility index (Phi) is 4.62. The predicted molar refractivity (Wildman–Crippen MR) is 68.7 cm³/mol. The smallest absolute Gasteiger partial charge is 0.0217 e. The number of hydrogen-bond donors (Lipinski definition) is 1. The van der Waals surface area contributed by atoms with Crippen molar-refractivity contribution in [3.8, 4) is 0 Å². The van der Waals surface area contributed by atoms with Crippen molar-refractivity contribution in [1.82, 2.24) is 15.1 Å². The van der Waals surface area contributed by atoms with Crippen molar-refractivity contribution in [3.63, 3.8) is 0 Å². The van der Waals surface area contributed by atoms with Gasteiger partial charge in [-0.15, -0.1) is 0 Å². The largest absolute Gasteiger partial charge is 0.317 e. The predicted octanol–water partition coefficient (Wildman–Crippen LogP) is 1.01. The summed E-state index contributed by atoms with van der Waals surface area (Å²) in [6.07, 6.45) is 5.52. The Balaban J connectivity index is 1.75. The molecule has 0 aromatic rings. The van der Waals surface area contributed by atoms with E-state index in [1.165, 1.54) is 58.4 Å². The molecule has 3 nitrogen and oxygen atoms in total. The van der Waals surface area contributed by atoms with E-state index in [9.17, 15) is 0 Å². The van der Waals surface area contributed by atoms with Crippen LogP contribution in [-0.4, -0.2) is 62.7 Å². The van der Waals surface area contributed by atoms with Crippen molar-refractivity contribution >= 4 is 0 Å². The van der Waals surface area contributed by atoms with Crippen molar-refractivity contribution in [2.75, 3.05) is 46.8 Å². The highest BCUT2D eigenvalue weighted by atomic mass is 15.2. The summed E-state index contributed by atoms with van der Waals surface area (Å²) < 4.78 is 0. The average molecular weight is 225 g/mol. The lowest BCUT2D eigenvalue weighted by Gasteiger charge is -2.38. The van der Waals surface area contributed by atoms with E-state index < -0.39 is 0 Å². The molecule has 0 aromatic heterocycles. The van der Waals surface area contributed by atoms with Crippen LogP contribution in [0, 0.1) is 5.92 Å². The third-order valence-corrected chi connectivity index (χ3v) is 4.19. The molecular formula is C13H27N3. The molecule has 1 unspecified atom stereocenters. The highest BCUT2D eigenvalue weighted by Gasteiger charge is 2.24. The van der Waals surface area contributed by atoms with Gasteiger partial charge in [0.05, 0.1) is 0 Å². The van der Waals surface area contributed by atoms with Crippen molar-refractivity contribution in [2.24, 2.45) is 5.92 Å². The van der Waals surface area contributed by atoms with Gasteiger partial charge in [-0.05, 0) is 65.3 Å². The molecule has 1 N–H and O–H groups in total. The van der Waals surface area contributed by atoms with Crippen LogP contribution in [0.1, 0.15) is 25.7 Å². The lowest BCUT2D eigenvalue weighted by Crippen LogP contribution is -2.47.